The van der Waals surface area contributed by atoms with Gasteiger partial charge in [-0.1, -0.05) is 33.6 Å². The number of unbranched alkanes of at least 4 members (excludes halogenated alkanes) is 1. The zero-order valence-electron chi connectivity index (χ0n) is 10.4. The van der Waals surface area contributed by atoms with E-state index in [1.807, 2.05) is 6.92 Å². The number of carbonyl (C=O) groups is 1. The average molecular weight is 215 g/mol. The molecule has 0 bridgehead atoms. The fourth-order valence-electron chi connectivity index (χ4n) is 1.40. The molecule has 0 saturated heterocycles. The van der Waals surface area contributed by atoms with Gasteiger partial charge < -0.3 is 10.4 Å². The number of nitrogens with one attached hydrogen (secondary N) is 1. The van der Waals surface area contributed by atoms with Crippen molar-refractivity contribution in [3.8, 4) is 0 Å². The Labute approximate surface area is 93.3 Å². The van der Waals surface area contributed by atoms with Gasteiger partial charge in [0.25, 0.3) is 0 Å². The van der Waals surface area contributed by atoms with E-state index in [-0.39, 0.29) is 12.0 Å². The summed E-state index contributed by atoms with van der Waals surface area (Å²) in [6.07, 6.45) is 3.61. The molecule has 0 rings (SSSR count). The SMILES string of the molecule is CC(C)CCCCNC(C)C(C)C(=O)O. The highest BCUT2D eigenvalue weighted by Crippen LogP contribution is 2.06. The number of rotatable bonds is 8. The molecule has 0 saturated carbocycles. The minimum Gasteiger partial charge on any atom is -0.481 e. The molecule has 0 aliphatic rings. The van der Waals surface area contributed by atoms with Crippen molar-refractivity contribution in [2.45, 2.75) is 53.0 Å². The van der Waals surface area contributed by atoms with Crippen LogP contribution < -0.4 is 5.32 Å². The standard InChI is InChI=1S/C12H25NO2/c1-9(2)7-5-6-8-13-11(4)10(3)12(14)15/h9-11,13H,5-8H2,1-4H3,(H,14,15). The lowest BCUT2D eigenvalue weighted by molar-refractivity contribution is -0.141. The minimum atomic E-state index is -0.725. The molecule has 0 amide bonds. The summed E-state index contributed by atoms with van der Waals surface area (Å²) in [5.41, 5.74) is 0. The summed E-state index contributed by atoms with van der Waals surface area (Å²) in [5, 5.41) is 12.0. The molecule has 0 aliphatic carbocycles. The van der Waals surface area contributed by atoms with Crippen molar-refractivity contribution in [3.63, 3.8) is 0 Å². The van der Waals surface area contributed by atoms with Crippen LogP contribution in [0.15, 0.2) is 0 Å². The molecule has 0 heterocycles. The number of hydrogen-bond donors (Lipinski definition) is 2. The maximum absolute atomic E-state index is 10.7. The van der Waals surface area contributed by atoms with E-state index in [0.29, 0.717) is 0 Å². The fraction of sp³-hybridized carbons (Fsp3) is 0.917. The number of carboxylic acid groups (broad SMARTS) is 1. The van der Waals surface area contributed by atoms with E-state index in [0.717, 1.165) is 18.9 Å². The first-order valence-corrected chi connectivity index (χ1v) is 5.91. The molecule has 0 fully saturated rings. The van der Waals surface area contributed by atoms with Gasteiger partial charge in [-0.2, -0.15) is 0 Å². The molecule has 0 aromatic rings. The number of hydrogen-bond acceptors (Lipinski definition) is 2. The van der Waals surface area contributed by atoms with Crippen LogP contribution in [0.3, 0.4) is 0 Å². The first-order valence-electron chi connectivity index (χ1n) is 5.91. The molecule has 0 radical (unpaired) electrons. The number of aliphatic carboxylic acids is 1. The second-order valence-corrected chi connectivity index (χ2v) is 4.76. The van der Waals surface area contributed by atoms with Gasteiger partial charge in [0, 0.05) is 6.04 Å². The van der Waals surface area contributed by atoms with E-state index < -0.39 is 5.97 Å². The third kappa shape index (κ3) is 7.37. The molecule has 3 heteroatoms. The highest BCUT2D eigenvalue weighted by molar-refractivity contribution is 5.70. The summed E-state index contributed by atoms with van der Waals surface area (Å²) >= 11 is 0. The zero-order valence-corrected chi connectivity index (χ0v) is 10.4. The largest absolute Gasteiger partial charge is 0.481 e. The Balaban J connectivity index is 3.47. The predicted molar refractivity (Wildman–Crippen MR) is 63.0 cm³/mol. The Hall–Kier alpha value is -0.570. The van der Waals surface area contributed by atoms with Crippen molar-refractivity contribution >= 4 is 5.97 Å². The summed E-state index contributed by atoms with van der Waals surface area (Å²) in [7, 11) is 0. The number of carboxylic acids is 1. The lowest BCUT2D eigenvalue weighted by Gasteiger charge is -2.17. The van der Waals surface area contributed by atoms with Crippen molar-refractivity contribution in [1.82, 2.24) is 5.32 Å². The predicted octanol–water partition coefficient (Wildman–Crippen LogP) is 2.51. The molecule has 2 unspecified atom stereocenters. The van der Waals surface area contributed by atoms with E-state index in [1.54, 1.807) is 6.92 Å². The van der Waals surface area contributed by atoms with Crippen molar-refractivity contribution in [2.75, 3.05) is 6.54 Å². The molecule has 3 nitrogen and oxygen atoms in total. The topological polar surface area (TPSA) is 49.3 Å². The molecule has 0 spiro atoms. The van der Waals surface area contributed by atoms with Crippen LogP contribution in [0.1, 0.15) is 47.0 Å². The summed E-state index contributed by atoms with van der Waals surface area (Å²) in [4.78, 5) is 10.7. The molecule has 0 aromatic heterocycles. The van der Waals surface area contributed by atoms with Gasteiger partial charge in [0.15, 0.2) is 0 Å². The van der Waals surface area contributed by atoms with E-state index >= 15 is 0 Å². The third-order valence-corrected chi connectivity index (χ3v) is 2.81. The minimum absolute atomic E-state index is 0.0570. The van der Waals surface area contributed by atoms with Crippen molar-refractivity contribution in [2.24, 2.45) is 11.8 Å². The van der Waals surface area contributed by atoms with E-state index in [1.165, 1.54) is 12.8 Å². The van der Waals surface area contributed by atoms with Gasteiger partial charge in [0.2, 0.25) is 0 Å². The van der Waals surface area contributed by atoms with Crippen LogP contribution in [0.5, 0.6) is 0 Å². The summed E-state index contributed by atoms with van der Waals surface area (Å²) in [6, 6.07) is 0.0570. The van der Waals surface area contributed by atoms with Crippen molar-refractivity contribution < 1.29 is 9.90 Å². The highest BCUT2D eigenvalue weighted by Gasteiger charge is 2.17. The van der Waals surface area contributed by atoms with E-state index in [2.05, 4.69) is 19.2 Å². The third-order valence-electron chi connectivity index (χ3n) is 2.81. The Kier molecular flexibility index (Phi) is 7.39. The second kappa shape index (κ2) is 7.69. The van der Waals surface area contributed by atoms with Crippen molar-refractivity contribution in [1.29, 1.82) is 0 Å². The molecule has 2 N–H and O–H groups in total. The maximum Gasteiger partial charge on any atom is 0.307 e. The molecular weight excluding hydrogens is 190 g/mol. The average Bonchev–Trinajstić information content (AvgIpc) is 2.15. The molecule has 0 aliphatic heterocycles. The van der Waals surface area contributed by atoms with Gasteiger partial charge >= 0.3 is 5.97 Å². The first-order chi connectivity index (χ1) is 6.95. The maximum atomic E-state index is 10.7. The normalized spacial score (nSPS) is 15.3. The summed E-state index contributed by atoms with van der Waals surface area (Å²) < 4.78 is 0. The van der Waals surface area contributed by atoms with Crippen LogP contribution in [0.4, 0.5) is 0 Å². The van der Waals surface area contributed by atoms with Gasteiger partial charge in [-0.15, -0.1) is 0 Å². The molecule has 90 valence electrons. The lowest BCUT2D eigenvalue weighted by atomic mass is 10.0. The Morgan fingerprint density at radius 2 is 1.80 bits per heavy atom. The smallest absolute Gasteiger partial charge is 0.307 e. The summed E-state index contributed by atoms with van der Waals surface area (Å²) in [6.45, 7) is 9.05. The van der Waals surface area contributed by atoms with Crippen LogP contribution in [-0.2, 0) is 4.79 Å². The van der Waals surface area contributed by atoms with Crippen molar-refractivity contribution in [3.05, 3.63) is 0 Å². The van der Waals surface area contributed by atoms with Gasteiger partial charge in [-0.25, -0.2) is 0 Å². The van der Waals surface area contributed by atoms with Gasteiger partial charge in [0.1, 0.15) is 0 Å². The molecule has 0 aromatic carbocycles. The fourth-order valence-corrected chi connectivity index (χ4v) is 1.40. The quantitative estimate of drug-likeness (QED) is 0.612. The van der Waals surface area contributed by atoms with E-state index in [9.17, 15) is 4.79 Å². The highest BCUT2D eigenvalue weighted by atomic mass is 16.4. The van der Waals surface area contributed by atoms with Gasteiger partial charge in [-0.3, -0.25) is 4.79 Å². The van der Waals surface area contributed by atoms with Crippen LogP contribution >= 0.6 is 0 Å². The monoisotopic (exact) mass is 215 g/mol. The van der Waals surface area contributed by atoms with Crippen LogP contribution in [0.25, 0.3) is 0 Å². The van der Waals surface area contributed by atoms with Crippen LogP contribution in [0, 0.1) is 11.8 Å². The Bertz CT molecular complexity index is 180. The zero-order chi connectivity index (χ0) is 11.8. The molecule has 2 atom stereocenters. The van der Waals surface area contributed by atoms with Gasteiger partial charge in [0.05, 0.1) is 5.92 Å². The van der Waals surface area contributed by atoms with Crippen LogP contribution in [-0.4, -0.2) is 23.7 Å². The Morgan fingerprint density at radius 1 is 1.20 bits per heavy atom. The van der Waals surface area contributed by atoms with Gasteiger partial charge in [-0.05, 0) is 25.8 Å². The van der Waals surface area contributed by atoms with Crippen LogP contribution in [0.2, 0.25) is 0 Å². The summed E-state index contributed by atoms with van der Waals surface area (Å²) in [5.74, 6) is -0.271. The lowest BCUT2D eigenvalue weighted by Crippen LogP contribution is -2.36. The Morgan fingerprint density at radius 3 is 2.27 bits per heavy atom. The first kappa shape index (κ1) is 14.4. The second-order valence-electron chi connectivity index (χ2n) is 4.76. The molecule has 15 heavy (non-hydrogen) atoms. The molecular formula is C12H25NO2. The van der Waals surface area contributed by atoms with E-state index in [4.69, 9.17) is 5.11 Å².